The van der Waals surface area contributed by atoms with Crippen LogP contribution in [0, 0.1) is 0 Å². The molecule has 51 heavy (non-hydrogen) atoms. The second-order valence-corrected chi connectivity index (χ2v) is 13.4. The molecule has 0 saturated carbocycles. The fraction of sp³-hybridized carbons (Fsp3) is 0. The van der Waals surface area contributed by atoms with Gasteiger partial charge in [0.1, 0.15) is 0 Å². The van der Waals surface area contributed by atoms with Gasteiger partial charge in [0.2, 0.25) is 0 Å². The highest BCUT2D eigenvalue weighted by atomic mass is 15.0. The van der Waals surface area contributed by atoms with Crippen LogP contribution in [0.5, 0.6) is 0 Å². The van der Waals surface area contributed by atoms with Crippen LogP contribution in [-0.2, 0) is 0 Å². The molecule has 0 bridgehead atoms. The van der Waals surface area contributed by atoms with Gasteiger partial charge < -0.3 is 13.7 Å². The van der Waals surface area contributed by atoms with E-state index in [-0.39, 0.29) is 0 Å². The monoisotopic (exact) mass is 649 g/mol. The molecule has 11 rings (SSSR count). The first-order chi connectivity index (χ1) is 25.3. The van der Waals surface area contributed by atoms with E-state index in [0.29, 0.717) is 0 Å². The van der Waals surface area contributed by atoms with Crippen molar-refractivity contribution < 1.29 is 0 Å². The third-order valence-electron chi connectivity index (χ3n) is 10.6. The smallest absolute Gasteiger partial charge is 0.0542 e. The van der Waals surface area contributed by atoms with Crippen LogP contribution in [0.4, 0.5) is 0 Å². The summed E-state index contributed by atoms with van der Waals surface area (Å²) in [5.74, 6) is 0. The predicted octanol–water partition coefficient (Wildman–Crippen LogP) is 12.6. The third kappa shape index (κ3) is 4.12. The Morgan fingerprint density at radius 1 is 0.216 bits per heavy atom. The van der Waals surface area contributed by atoms with Crippen molar-refractivity contribution in [1.82, 2.24) is 13.7 Å². The van der Waals surface area contributed by atoms with Gasteiger partial charge in [-0.3, -0.25) is 0 Å². The molecule has 3 heteroatoms. The molecule has 0 fully saturated rings. The van der Waals surface area contributed by atoms with Crippen LogP contribution in [-0.4, -0.2) is 13.7 Å². The number of aromatic nitrogens is 3. The predicted molar refractivity (Wildman–Crippen MR) is 215 cm³/mol. The summed E-state index contributed by atoms with van der Waals surface area (Å²) in [5.41, 5.74) is 13.2. The highest BCUT2D eigenvalue weighted by Gasteiger charge is 2.17. The fourth-order valence-corrected chi connectivity index (χ4v) is 8.39. The molecule has 0 atom stereocenters. The van der Waals surface area contributed by atoms with Crippen molar-refractivity contribution in [1.29, 1.82) is 0 Å². The van der Waals surface area contributed by atoms with Crippen LogP contribution >= 0.6 is 0 Å². The molecule has 3 aromatic heterocycles. The van der Waals surface area contributed by atoms with E-state index in [1.165, 1.54) is 82.2 Å². The summed E-state index contributed by atoms with van der Waals surface area (Å²) in [7, 11) is 0. The van der Waals surface area contributed by atoms with E-state index in [9.17, 15) is 0 Å². The van der Waals surface area contributed by atoms with Crippen molar-refractivity contribution in [3.63, 3.8) is 0 Å². The van der Waals surface area contributed by atoms with Gasteiger partial charge in [0.15, 0.2) is 0 Å². The SMILES string of the molecule is c1ccc(-n2c3ccccc3c3cc(-n4c5ccccc5c5cc(-c6ccc(-n7c8ccccc8c8ccccc87)cc6)ccc54)ccc32)cc1. The maximum absolute atomic E-state index is 2.42. The van der Waals surface area contributed by atoms with Gasteiger partial charge in [0.05, 0.1) is 33.1 Å². The van der Waals surface area contributed by atoms with Gasteiger partial charge in [-0.05, 0) is 90.0 Å². The molecule has 3 nitrogen and oxygen atoms in total. The Bertz CT molecular complexity index is 3070. The zero-order valence-electron chi connectivity index (χ0n) is 27.7. The van der Waals surface area contributed by atoms with Crippen LogP contribution in [0.15, 0.2) is 188 Å². The minimum Gasteiger partial charge on any atom is -0.309 e. The van der Waals surface area contributed by atoms with Crippen LogP contribution in [0.25, 0.3) is 93.6 Å². The average Bonchev–Trinajstić information content (AvgIpc) is 3.84. The quantitative estimate of drug-likeness (QED) is 0.180. The molecule has 238 valence electrons. The molecular weight excluding hydrogens is 619 g/mol. The van der Waals surface area contributed by atoms with Gasteiger partial charge in [-0.1, -0.05) is 109 Å². The van der Waals surface area contributed by atoms with Crippen molar-refractivity contribution >= 4 is 65.4 Å². The lowest BCUT2D eigenvalue weighted by Crippen LogP contribution is -1.95. The maximum Gasteiger partial charge on any atom is 0.0542 e. The molecule has 0 radical (unpaired) electrons. The lowest BCUT2D eigenvalue weighted by Gasteiger charge is -2.11. The maximum atomic E-state index is 2.42. The highest BCUT2D eigenvalue weighted by molar-refractivity contribution is 6.13. The zero-order valence-corrected chi connectivity index (χ0v) is 27.7. The summed E-state index contributed by atoms with van der Waals surface area (Å²) in [4.78, 5) is 0. The van der Waals surface area contributed by atoms with Crippen molar-refractivity contribution in [2.75, 3.05) is 0 Å². The lowest BCUT2D eigenvalue weighted by molar-refractivity contribution is 1.16. The van der Waals surface area contributed by atoms with Crippen molar-refractivity contribution in [3.8, 4) is 28.2 Å². The van der Waals surface area contributed by atoms with E-state index < -0.39 is 0 Å². The number of para-hydroxylation sites is 5. The Morgan fingerprint density at radius 2 is 0.569 bits per heavy atom. The van der Waals surface area contributed by atoms with Crippen LogP contribution in [0.2, 0.25) is 0 Å². The number of hydrogen-bond acceptors (Lipinski definition) is 0. The Kier molecular flexibility index (Phi) is 5.96. The van der Waals surface area contributed by atoms with Gasteiger partial charge in [-0.2, -0.15) is 0 Å². The summed E-state index contributed by atoms with van der Waals surface area (Å²) < 4.78 is 7.17. The number of hydrogen-bond donors (Lipinski definition) is 0. The molecule has 0 unspecified atom stereocenters. The number of nitrogens with zero attached hydrogens (tertiary/aromatic N) is 3. The van der Waals surface area contributed by atoms with E-state index in [2.05, 4.69) is 202 Å². The van der Waals surface area contributed by atoms with E-state index in [1.807, 2.05) is 0 Å². The molecule has 0 aliphatic rings. The van der Waals surface area contributed by atoms with Crippen molar-refractivity contribution in [2.24, 2.45) is 0 Å². The Labute approximate surface area is 294 Å². The normalized spacial score (nSPS) is 11.9. The summed E-state index contributed by atoms with van der Waals surface area (Å²) >= 11 is 0. The molecule has 11 aromatic rings. The van der Waals surface area contributed by atoms with Crippen LogP contribution in [0.3, 0.4) is 0 Å². The molecule has 3 heterocycles. The van der Waals surface area contributed by atoms with E-state index in [4.69, 9.17) is 0 Å². The molecular formula is C48H31N3. The Hall–Kier alpha value is -6.84. The van der Waals surface area contributed by atoms with Crippen LogP contribution < -0.4 is 0 Å². The second-order valence-electron chi connectivity index (χ2n) is 13.4. The van der Waals surface area contributed by atoms with E-state index in [0.717, 1.165) is 11.4 Å². The third-order valence-corrected chi connectivity index (χ3v) is 10.6. The number of rotatable bonds is 4. The second kappa shape index (κ2) is 10.8. The summed E-state index contributed by atoms with van der Waals surface area (Å²) in [6, 6.07) is 68.4. The Balaban J connectivity index is 1.05. The minimum absolute atomic E-state index is 1.16. The fourth-order valence-electron chi connectivity index (χ4n) is 8.39. The summed E-state index contributed by atoms with van der Waals surface area (Å²) in [5, 5.41) is 7.56. The molecule has 8 aromatic carbocycles. The minimum atomic E-state index is 1.16. The highest BCUT2D eigenvalue weighted by Crippen LogP contribution is 2.39. The molecule has 0 N–H and O–H groups in total. The lowest BCUT2D eigenvalue weighted by atomic mass is 10.0. The van der Waals surface area contributed by atoms with E-state index in [1.54, 1.807) is 0 Å². The van der Waals surface area contributed by atoms with Crippen molar-refractivity contribution in [3.05, 3.63) is 188 Å². The van der Waals surface area contributed by atoms with E-state index >= 15 is 0 Å². The first kappa shape index (κ1) is 28.0. The standard InChI is InChI=1S/C48H31N3/c1-2-12-34(13-3-1)49-45-20-10-7-17-40(45)42-31-36(27-29-48(42)49)51-46-21-11-6-16-39(46)41-30-33(24-28-47(41)51)32-22-25-35(26-23-32)50-43-18-8-4-14-37(43)38-15-5-9-19-44(38)50/h1-31H. The summed E-state index contributed by atoms with van der Waals surface area (Å²) in [6.45, 7) is 0. The largest absolute Gasteiger partial charge is 0.309 e. The topological polar surface area (TPSA) is 14.8 Å². The molecule has 0 aliphatic heterocycles. The van der Waals surface area contributed by atoms with Crippen LogP contribution in [0.1, 0.15) is 0 Å². The summed E-state index contributed by atoms with van der Waals surface area (Å²) in [6.07, 6.45) is 0. The Morgan fingerprint density at radius 3 is 1.12 bits per heavy atom. The van der Waals surface area contributed by atoms with Gasteiger partial charge in [-0.15, -0.1) is 0 Å². The number of fused-ring (bicyclic) bond motifs is 9. The average molecular weight is 650 g/mol. The molecule has 0 aliphatic carbocycles. The first-order valence-electron chi connectivity index (χ1n) is 17.5. The molecule has 0 spiro atoms. The first-order valence-corrected chi connectivity index (χ1v) is 17.5. The number of benzene rings is 8. The molecule has 0 amide bonds. The van der Waals surface area contributed by atoms with Gasteiger partial charge in [0, 0.05) is 49.4 Å². The van der Waals surface area contributed by atoms with Gasteiger partial charge >= 0.3 is 0 Å². The zero-order chi connectivity index (χ0) is 33.5. The van der Waals surface area contributed by atoms with Gasteiger partial charge in [-0.25, -0.2) is 0 Å². The molecule has 0 saturated heterocycles. The van der Waals surface area contributed by atoms with Crippen molar-refractivity contribution in [2.45, 2.75) is 0 Å². The van der Waals surface area contributed by atoms with Gasteiger partial charge in [0.25, 0.3) is 0 Å².